The van der Waals surface area contributed by atoms with Gasteiger partial charge in [0.05, 0.1) is 13.1 Å². The minimum Gasteiger partial charge on any atom is -0.351 e. The van der Waals surface area contributed by atoms with Crippen molar-refractivity contribution in [2.75, 3.05) is 45.8 Å². The van der Waals surface area contributed by atoms with Gasteiger partial charge in [0.2, 0.25) is 17.7 Å². The van der Waals surface area contributed by atoms with Crippen LogP contribution in [0.5, 0.6) is 0 Å². The fraction of sp³-hybridized carbons (Fsp3) is 0.609. The number of benzene rings is 1. The van der Waals surface area contributed by atoms with Crippen LogP contribution in [0.3, 0.4) is 0 Å². The number of likely N-dealkylation sites (N-methyl/N-ethyl adjacent to an activating group) is 1. The molecule has 0 unspecified atom stereocenters. The van der Waals surface area contributed by atoms with Gasteiger partial charge in [-0.05, 0) is 49.9 Å². The van der Waals surface area contributed by atoms with Crippen molar-refractivity contribution in [3.63, 3.8) is 0 Å². The van der Waals surface area contributed by atoms with E-state index in [4.69, 9.17) is 0 Å². The molecule has 0 atom stereocenters. The molecule has 0 radical (unpaired) electrons. The molecule has 1 N–H and O–H groups in total. The van der Waals surface area contributed by atoms with Crippen LogP contribution in [0.15, 0.2) is 24.3 Å². The van der Waals surface area contributed by atoms with E-state index in [1.807, 2.05) is 21.6 Å². The SMILES string of the molecule is CCN(CC(=O)NCc1ccc(F)cc1)CC(=O)N1CCC(C(=O)N2CCCC2)CC1. The van der Waals surface area contributed by atoms with Gasteiger partial charge in [0.15, 0.2) is 0 Å². The van der Waals surface area contributed by atoms with E-state index in [1.165, 1.54) is 12.1 Å². The summed E-state index contributed by atoms with van der Waals surface area (Å²) >= 11 is 0. The highest BCUT2D eigenvalue weighted by molar-refractivity contribution is 5.82. The van der Waals surface area contributed by atoms with Crippen LogP contribution in [-0.4, -0.2) is 78.2 Å². The monoisotopic (exact) mass is 432 g/mol. The molecule has 2 heterocycles. The molecule has 2 aliphatic heterocycles. The van der Waals surface area contributed by atoms with Crippen molar-refractivity contribution in [3.05, 3.63) is 35.6 Å². The Kier molecular flexibility index (Phi) is 8.40. The largest absolute Gasteiger partial charge is 0.351 e. The summed E-state index contributed by atoms with van der Waals surface area (Å²) in [5.41, 5.74) is 0.820. The molecule has 8 heteroatoms. The molecule has 31 heavy (non-hydrogen) atoms. The van der Waals surface area contributed by atoms with Crippen molar-refractivity contribution in [3.8, 4) is 0 Å². The van der Waals surface area contributed by atoms with Gasteiger partial charge in [-0.1, -0.05) is 19.1 Å². The second kappa shape index (κ2) is 11.2. The van der Waals surface area contributed by atoms with Crippen LogP contribution in [0.25, 0.3) is 0 Å². The van der Waals surface area contributed by atoms with Crippen molar-refractivity contribution >= 4 is 17.7 Å². The number of carbonyl (C=O) groups excluding carboxylic acids is 3. The number of piperidine rings is 1. The summed E-state index contributed by atoms with van der Waals surface area (Å²) in [4.78, 5) is 43.1. The molecule has 1 aromatic carbocycles. The summed E-state index contributed by atoms with van der Waals surface area (Å²) < 4.78 is 13.0. The van der Waals surface area contributed by atoms with Crippen LogP contribution in [0.2, 0.25) is 0 Å². The molecule has 2 saturated heterocycles. The Balaban J connectivity index is 1.39. The van der Waals surface area contributed by atoms with E-state index in [0.29, 0.717) is 39.0 Å². The molecule has 0 spiro atoms. The van der Waals surface area contributed by atoms with Crippen molar-refractivity contribution in [1.29, 1.82) is 0 Å². The molecule has 2 fully saturated rings. The van der Waals surface area contributed by atoms with Crippen LogP contribution in [0.4, 0.5) is 4.39 Å². The first-order valence-electron chi connectivity index (χ1n) is 11.3. The topological polar surface area (TPSA) is 73.0 Å². The second-order valence-electron chi connectivity index (χ2n) is 8.39. The average molecular weight is 433 g/mol. The third-order valence-corrected chi connectivity index (χ3v) is 6.19. The van der Waals surface area contributed by atoms with Crippen molar-refractivity contribution in [2.45, 2.75) is 39.2 Å². The summed E-state index contributed by atoms with van der Waals surface area (Å²) in [6.45, 7) is 6.07. The number of carbonyl (C=O) groups is 3. The highest BCUT2D eigenvalue weighted by Crippen LogP contribution is 2.22. The van der Waals surface area contributed by atoms with E-state index in [-0.39, 0.29) is 42.5 Å². The molecule has 3 rings (SSSR count). The van der Waals surface area contributed by atoms with Crippen molar-refractivity contribution in [2.24, 2.45) is 5.92 Å². The number of amides is 3. The lowest BCUT2D eigenvalue weighted by molar-refractivity contribution is -0.140. The minimum atomic E-state index is -0.310. The smallest absolute Gasteiger partial charge is 0.236 e. The summed E-state index contributed by atoms with van der Waals surface area (Å²) in [5.74, 6) is -0.205. The van der Waals surface area contributed by atoms with Crippen LogP contribution < -0.4 is 5.32 Å². The van der Waals surface area contributed by atoms with Gasteiger partial charge in [-0.25, -0.2) is 4.39 Å². The Morgan fingerprint density at radius 3 is 2.26 bits per heavy atom. The zero-order valence-electron chi connectivity index (χ0n) is 18.3. The quantitative estimate of drug-likeness (QED) is 0.678. The number of rotatable bonds is 8. The van der Waals surface area contributed by atoms with Gasteiger partial charge in [0.25, 0.3) is 0 Å². The second-order valence-corrected chi connectivity index (χ2v) is 8.39. The van der Waals surface area contributed by atoms with Crippen LogP contribution >= 0.6 is 0 Å². The predicted molar refractivity (Wildman–Crippen MR) is 115 cm³/mol. The Bertz CT molecular complexity index is 757. The minimum absolute atomic E-state index is 0.000237. The molecule has 0 bridgehead atoms. The predicted octanol–water partition coefficient (Wildman–Crippen LogP) is 1.62. The molecular formula is C23H33FN4O3. The Labute approximate surface area is 183 Å². The molecule has 1 aromatic rings. The van der Waals surface area contributed by atoms with E-state index < -0.39 is 0 Å². The molecule has 0 aliphatic carbocycles. The normalized spacial score (nSPS) is 17.3. The standard InChI is InChI=1S/C23H33FN4O3/c1-2-26(16-21(29)25-15-18-5-7-20(24)8-6-18)17-22(30)27-13-9-19(10-14-27)23(31)28-11-3-4-12-28/h5-8,19H,2-4,9-17H2,1H3,(H,25,29). The molecular weight excluding hydrogens is 399 g/mol. The lowest BCUT2D eigenvalue weighted by atomic mass is 9.95. The van der Waals surface area contributed by atoms with E-state index in [2.05, 4.69) is 5.32 Å². The third kappa shape index (κ3) is 6.75. The van der Waals surface area contributed by atoms with Gasteiger partial charge >= 0.3 is 0 Å². The van der Waals surface area contributed by atoms with E-state index >= 15 is 0 Å². The number of hydrogen-bond acceptors (Lipinski definition) is 4. The van der Waals surface area contributed by atoms with Gasteiger partial charge in [0.1, 0.15) is 5.82 Å². The van der Waals surface area contributed by atoms with Gasteiger partial charge in [0, 0.05) is 38.6 Å². The first kappa shape index (κ1) is 23.2. The maximum Gasteiger partial charge on any atom is 0.236 e. The van der Waals surface area contributed by atoms with Crippen LogP contribution in [0, 0.1) is 11.7 Å². The molecule has 0 aromatic heterocycles. The number of halogens is 1. The fourth-order valence-electron chi connectivity index (χ4n) is 4.20. The molecule has 3 amide bonds. The zero-order chi connectivity index (χ0) is 22.2. The van der Waals surface area contributed by atoms with Gasteiger partial charge in [-0.2, -0.15) is 0 Å². The average Bonchev–Trinajstić information content (AvgIpc) is 3.33. The van der Waals surface area contributed by atoms with Gasteiger partial charge in [-0.15, -0.1) is 0 Å². The van der Waals surface area contributed by atoms with E-state index in [0.717, 1.165) is 31.5 Å². The highest BCUT2D eigenvalue weighted by Gasteiger charge is 2.31. The number of nitrogens with zero attached hydrogens (tertiary/aromatic N) is 3. The zero-order valence-corrected chi connectivity index (χ0v) is 18.3. The van der Waals surface area contributed by atoms with Crippen molar-refractivity contribution < 1.29 is 18.8 Å². The van der Waals surface area contributed by atoms with E-state index in [1.54, 1.807) is 12.1 Å². The molecule has 2 aliphatic rings. The van der Waals surface area contributed by atoms with Crippen LogP contribution in [0.1, 0.15) is 38.2 Å². The Hall–Kier alpha value is -2.48. The maximum atomic E-state index is 13.0. The number of nitrogens with one attached hydrogen (secondary N) is 1. The van der Waals surface area contributed by atoms with Crippen LogP contribution in [-0.2, 0) is 20.9 Å². The van der Waals surface area contributed by atoms with Gasteiger partial charge < -0.3 is 15.1 Å². The Morgan fingerprint density at radius 2 is 1.65 bits per heavy atom. The van der Waals surface area contributed by atoms with Crippen molar-refractivity contribution in [1.82, 2.24) is 20.0 Å². The highest BCUT2D eigenvalue weighted by atomic mass is 19.1. The lowest BCUT2D eigenvalue weighted by Crippen LogP contribution is -2.48. The Morgan fingerprint density at radius 1 is 1.00 bits per heavy atom. The molecule has 0 saturated carbocycles. The molecule has 170 valence electrons. The fourth-order valence-corrected chi connectivity index (χ4v) is 4.20. The summed E-state index contributed by atoms with van der Waals surface area (Å²) in [6.07, 6.45) is 3.61. The maximum absolute atomic E-state index is 13.0. The summed E-state index contributed by atoms with van der Waals surface area (Å²) in [5, 5.41) is 2.81. The first-order valence-corrected chi connectivity index (χ1v) is 11.3. The lowest BCUT2D eigenvalue weighted by Gasteiger charge is -2.34. The van der Waals surface area contributed by atoms with E-state index in [9.17, 15) is 18.8 Å². The van der Waals surface area contributed by atoms with Gasteiger partial charge in [-0.3, -0.25) is 19.3 Å². The summed E-state index contributed by atoms with van der Waals surface area (Å²) in [7, 11) is 0. The molecule has 7 nitrogen and oxygen atoms in total. The number of likely N-dealkylation sites (tertiary alicyclic amines) is 2. The number of hydrogen-bond donors (Lipinski definition) is 1. The first-order chi connectivity index (χ1) is 15.0. The third-order valence-electron chi connectivity index (χ3n) is 6.19. The summed E-state index contributed by atoms with van der Waals surface area (Å²) in [6, 6.07) is 5.99.